The maximum absolute atomic E-state index is 11.8. The number of guanidine groups is 1. The van der Waals surface area contributed by atoms with Crippen LogP contribution in [0.5, 0.6) is 0 Å². The van der Waals surface area contributed by atoms with Crippen LogP contribution in [0.4, 0.5) is 0 Å². The van der Waals surface area contributed by atoms with E-state index in [0.29, 0.717) is 13.1 Å². The molecule has 0 bridgehead atoms. The van der Waals surface area contributed by atoms with Gasteiger partial charge in [0, 0.05) is 25.6 Å². The van der Waals surface area contributed by atoms with E-state index < -0.39 is 0 Å². The number of hydrogen-bond donors (Lipinski definition) is 3. The third kappa shape index (κ3) is 8.20. The van der Waals surface area contributed by atoms with Gasteiger partial charge in [-0.1, -0.05) is 51.1 Å². The van der Waals surface area contributed by atoms with Gasteiger partial charge in [0.05, 0.1) is 6.04 Å². The first-order valence-electron chi connectivity index (χ1n) is 7.65. The minimum absolute atomic E-state index is 0. The summed E-state index contributed by atoms with van der Waals surface area (Å²) in [5.74, 6) is 0.774. The molecule has 1 aromatic carbocycles. The molecule has 0 aromatic heterocycles. The molecule has 23 heavy (non-hydrogen) atoms. The van der Waals surface area contributed by atoms with E-state index in [1.807, 2.05) is 39.0 Å². The number of rotatable bonds is 5. The van der Waals surface area contributed by atoms with Crippen molar-refractivity contribution in [3.63, 3.8) is 0 Å². The molecule has 0 saturated carbocycles. The minimum Gasteiger partial charge on any atom is -0.355 e. The summed E-state index contributed by atoms with van der Waals surface area (Å²) in [6, 6.07) is 10.4. The van der Waals surface area contributed by atoms with E-state index in [1.165, 1.54) is 5.56 Å². The molecule has 1 aromatic rings. The van der Waals surface area contributed by atoms with E-state index in [1.54, 1.807) is 7.05 Å². The summed E-state index contributed by atoms with van der Waals surface area (Å²) in [6.07, 6.45) is 0. The molecule has 0 saturated heterocycles. The first-order chi connectivity index (χ1) is 10.3. The standard InChI is InChI=1S/C17H28N4O.HI/c1-13(14-9-7-6-8-10-14)21-16(18-5)20-12-11-19-15(22)17(2,3)4;/h6-10,13H,11-12H2,1-5H3,(H,19,22)(H2,18,20,21);1H. The zero-order valence-corrected chi connectivity index (χ0v) is 17.0. The maximum Gasteiger partial charge on any atom is 0.225 e. The van der Waals surface area contributed by atoms with Crippen LogP contribution in [-0.2, 0) is 4.79 Å². The quantitative estimate of drug-likeness (QED) is 0.290. The Morgan fingerprint density at radius 1 is 1.13 bits per heavy atom. The van der Waals surface area contributed by atoms with E-state index in [2.05, 4.69) is 40.0 Å². The molecular weight excluding hydrogens is 403 g/mol. The van der Waals surface area contributed by atoms with Crippen molar-refractivity contribution in [2.24, 2.45) is 10.4 Å². The fourth-order valence-electron chi connectivity index (χ4n) is 1.85. The molecule has 1 rings (SSSR count). The van der Waals surface area contributed by atoms with Crippen molar-refractivity contribution in [2.45, 2.75) is 33.7 Å². The summed E-state index contributed by atoms with van der Waals surface area (Å²) < 4.78 is 0. The van der Waals surface area contributed by atoms with Crippen LogP contribution in [-0.4, -0.2) is 32.0 Å². The summed E-state index contributed by atoms with van der Waals surface area (Å²) in [4.78, 5) is 16.0. The number of aliphatic imine (C=N–C) groups is 1. The fourth-order valence-corrected chi connectivity index (χ4v) is 1.85. The SMILES string of the molecule is CN=C(NCCNC(=O)C(C)(C)C)NC(C)c1ccccc1.I. The van der Waals surface area contributed by atoms with Crippen LogP contribution < -0.4 is 16.0 Å². The van der Waals surface area contributed by atoms with Crippen LogP contribution in [0.1, 0.15) is 39.3 Å². The highest BCUT2D eigenvalue weighted by Crippen LogP contribution is 2.12. The highest BCUT2D eigenvalue weighted by atomic mass is 127. The Labute approximate surface area is 156 Å². The Morgan fingerprint density at radius 3 is 2.22 bits per heavy atom. The predicted molar refractivity (Wildman–Crippen MR) is 107 cm³/mol. The molecule has 130 valence electrons. The molecule has 0 aliphatic rings. The number of hydrogen-bond acceptors (Lipinski definition) is 2. The zero-order chi connectivity index (χ0) is 16.6. The average molecular weight is 432 g/mol. The fraction of sp³-hybridized carbons (Fsp3) is 0.529. The van der Waals surface area contributed by atoms with Crippen molar-refractivity contribution < 1.29 is 4.79 Å². The molecule has 0 radical (unpaired) electrons. The molecule has 6 heteroatoms. The smallest absolute Gasteiger partial charge is 0.225 e. The van der Waals surface area contributed by atoms with Crippen LogP contribution in [0.25, 0.3) is 0 Å². The van der Waals surface area contributed by atoms with Gasteiger partial charge >= 0.3 is 0 Å². The van der Waals surface area contributed by atoms with Crippen molar-refractivity contribution >= 4 is 35.8 Å². The van der Waals surface area contributed by atoms with E-state index in [-0.39, 0.29) is 41.3 Å². The van der Waals surface area contributed by atoms with Crippen molar-refractivity contribution in [2.75, 3.05) is 20.1 Å². The van der Waals surface area contributed by atoms with Gasteiger partial charge in [-0.15, -0.1) is 24.0 Å². The lowest BCUT2D eigenvalue weighted by Crippen LogP contribution is -2.44. The largest absolute Gasteiger partial charge is 0.355 e. The highest BCUT2D eigenvalue weighted by molar-refractivity contribution is 14.0. The normalized spacial score (nSPS) is 12.8. The van der Waals surface area contributed by atoms with Gasteiger partial charge in [0.25, 0.3) is 0 Å². The second kappa shape index (κ2) is 10.5. The number of benzene rings is 1. The van der Waals surface area contributed by atoms with Crippen LogP contribution in [0, 0.1) is 5.41 Å². The average Bonchev–Trinajstić information content (AvgIpc) is 2.49. The van der Waals surface area contributed by atoms with Crippen LogP contribution >= 0.6 is 24.0 Å². The summed E-state index contributed by atoms with van der Waals surface area (Å²) in [5, 5.41) is 9.43. The number of carbonyl (C=O) groups is 1. The van der Waals surface area contributed by atoms with Gasteiger partial charge < -0.3 is 16.0 Å². The van der Waals surface area contributed by atoms with Crippen LogP contribution in [0.15, 0.2) is 35.3 Å². The summed E-state index contributed by atoms with van der Waals surface area (Å²) in [7, 11) is 1.74. The monoisotopic (exact) mass is 432 g/mol. The second-order valence-corrected chi connectivity index (χ2v) is 6.28. The lowest BCUT2D eigenvalue weighted by atomic mass is 9.96. The third-order valence-electron chi connectivity index (χ3n) is 3.26. The number of carbonyl (C=O) groups excluding carboxylic acids is 1. The number of nitrogens with zero attached hydrogens (tertiary/aromatic N) is 1. The molecule has 5 nitrogen and oxygen atoms in total. The summed E-state index contributed by atoms with van der Waals surface area (Å²) in [6.45, 7) is 8.98. The van der Waals surface area contributed by atoms with Crippen LogP contribution in [0.3, 0.4) is 0 Å². The Kier molecular flexibility index (Phi) is 9.87. The molecule has 0 fully saturated rings. The van der Waals surface area contributed by atoms with E-state index in [0.717, 1.165) is 5.96 Å². The van der Waals surface area contributed by atoms with E-state index >= 15 is 0 Å². The first kappa shape index (κ1) is 21.7. The lowest BCUT2D eigenvalue weighted by Gasteiger charge is -2.20. The molecule has 3 N–H and O–H groups in total. The Morgan fingerprint density at radius 2 is 1.70 bits per heavy atom. The predicted octanol–water partition coefficient (Wildman–Crippen LogP) is 2.69. The van der Waals surface area contributed by atoms with Gasteiger partial charge in [-0.05, 0) is 12.5 Å². The maximum atomic E-state index is 11.8. The number of amides is 1. The number of nitrogens with one attached hydrogen (secondary N) is 3. The molecule has 0 aliphatic heterocycles. The van der Waals surface area contributed by atoms with E-state index in [9.17, 15) is 4.79 Å². The molecule has 0 aliphatic carbocycles. The summed E-state index contributed by atoms with van der Waals surface area (Å²) in [5.41, 5.74) is 0.841. The molecule has 1 amide bonds. The Balaban J connectivity index is 0.00000484. The van der Waals surface area contributed by atoms with Gasteiger partial charge in [0.15, 0.2) is 5.96 Å². The molecule has 1 atom stereocenters. The molecular formula is C17H29IN4O. The first-order valence-corrected chi connectivity index (χ1v) is 7.65. The minimum atomic E-state index is -0.359. The van der Waals surface area contributed by atoms with Crippen LogP contribution in [0.2, 0.25) is 0 Å². The highest BCUT2D eigenvalue weighted by Gasteiger charge is 2.20. The van der Waals surface area contributed by atoms with Crippen molar-refractivity contribution in [1.29, 1.82) is 0 Å². The van der Waals surface area contributed by atoms with Gasteiger partial charge in [-0.25, -0.2) is 0 Å². The van der Waals surface area contributed by atoms with E-state index in [4.69, 9.17) is 0 Å². The Hall–Kier alpha value is -1.31. The molecule has 0 heterocycles. The summed E-state index contributed by atoms with van der Waals surface area (Å²) >= 11 is 0. The third-order valence-corrected chi connectivity index (χ3v) is 3.26. The van der Waals surface area contributed by atoms with Crippen molar-refractivity contribution in [3.05, 3.63) is 35.9 Å². The van der Waals surface area contributed by atoms with Gasteiger partial charge in [0.2, 0.25) is 5.91 Å². The van der Waals surface area contributed by atoms with Gasteiger partial charge in [0.1, 0.15) is 0 Å². The lowest BCUT2D eigenvalue weighted by molar-refractivity contribution is -0.128. The van der Waals surface area contributed by atoms with Gasteiger partial charge in [-0.3, -0.25) is 9.79 Å². The Bertz CT molecular complexity index is 497. The van der Waals surface area contributed by atoms with Crippen molar-refractivity contribution in [3.8, 4) is 0 Å². The molecule has 1 unspecified atom stereocenters. The van der Waals surface area contributed by atoms with Gasteiger partial charge in [-0.2, -0.15) is 0 Å². The van der Waals surface area contributed by atoms with Crippen molar-refractivity contribution in [1.82, 2.24) is 16.0 Å². The topological polar surface area (TPSA) is 65.5 Å². The second-order valence-electron chi connectivity index (χ2n) is 6.28. The molecule has 0 spiro atoms. The number of halogens is 1. The zero-order valence-electron chi connectivity index (χ0n) is 14.6.